The molecule has 39 heavy (non-hydrogen) atoms. The topological polar surface area (TPSA) is 75.9 Å². The second kappa shape index (κ2) is 10.2. The molecule has 1 aromatic carbocycles. The van der Waals surface area contributed by atoms with Crippen LogP contribution in [0.4, 0.5) is 30.7 Å². The van der Waals surface area contributed by atoms with E-state index >= 15 is 8.78 Å². The SMILES string of the molecule is CSc1ncc(Br)c([C@H](Cc2cc(F)cc(F)c2)NC(O)Cn2nc(C(F)(F)F)c3c2C(F)(F)[C@@H]2C=C[C@H]32)n1. The Bertz CT molecular complexity index is 1430. The van der Waals surface area contributed by atoms with Crippen molar-refractivity contribution in [2.45, 2.75) is 48.4 Å². The van der Waals surface area contributed by atoms with Gasteiger partial charge in [0.1, 0.15) is 23.6 Å². The first-order chi connectivity index (χ1) is 18.3. The third kappa shape index (κ3) is 5.21. The second-order valence-corrected chi connectivity index (χ2v) is 10.8. The fraction of sp³-hybridized carbons (Fsp3) is 0.375. The standard InChI is InChI=1S/C24H19BrF7N5OS/c1-39-22-33-8-15(25)19(35-22)16(6-10-4-11(26)7-12(27)5-10)34-17(38)9-37-21-18(20(36-37)24(30,31)32)13-2-3-14(13)23(21,28)29/h2-5,7-8,13-14,16-17,34,38H,6,9H2,1H3/t13-,14+,16-,17?/m0/s1. The van der Waals surface area contributed by atoms with Gasteiger partial charge in [0.2, 0.25) is 0 Å². The number of allylic oxidation sites excluding steroid dienone is 2. The molecule has 3 aromatic rings. The van der Waals surface area contributed by atoms with Crippen LogP contribution in [-0.4, -0.2) is 37.3 Å². The molecule has 0 fully saturated rings. The molecule has 208 valence electrons. The Balaban J connectivity index is 1.48. The van der Waals surface area contributed by atoms with Crippen molar-refractivity contribution >= 4 is 27.7 Å². The molecule has 1 unspecified atom stereocenters. The summed E-state index contributed by atoms with van der Waals surface area (Å²) in [7, 11) is 0. The van der Waals surface area contributed by atoms with Gasteiger partial charge in [-0.3, -0.25) is 10.00 Å². The molecule has 0 saturated carbocycles. The Morgan fingerprint density at radius 2 is 1.87 bits per heavy atom. The van der Waals surface area contributed by atoms with Crippen molar-refractivity contribution in [3.8, 4) is 0 Å². The highest BCUT2D eigenvalue weighted by atomic mass is 79.9. The normalized spacial score (nSPS) is 20.9. The summed E-state index contributed by atoms with van der Waals surface area (Å²) in [4.78, 5) is 8.49. The number of benzene rings is 1. The molecular formula is C24H19BrF7N5OS. The van der Waals surface area contributed by atoms with Crippen LogP contribution in [0.2, 0.25) is 0 Å². The van der Waals surface area contributed by atoms with Gasteiger partial charge in [-0.05, 0) is 46.3 Å². The van der Waals surface area contributed by atoms with Crippen molar-refractivity contribution in [2.24, 2.45) is 5.92 Å². The van der Waals surface area contributed by atoms with Gasteiger partial charge in [-0.1, -0.05) is 23.9 Å². The number of alkyl halides is 5. The molecule has 2 aliphatic rings. The Labute approximate surface area is 229 Å². The lowest BCUT2D eigenvalue weighted by molar-refractivity contribution is -0.142. The Morgan fingerprint density at radius 1 is 1.18 bits per heavy atom. The molecule has 0 spiro atoms. The van der Waals surface area contributed by atoms with E-state index in [1.807, 2.05) is 0 Å². The average molecular weight is 638 g/mol. The highest BCUT2D eigenvalue weighted by Gasteiger charge is 2.61. The summed E-state index contributed by atoms with van der Waals surface area (Å²) < 4.78 is 99.9. The zero-order valence-electron chi connectivity index (χ0n) is 19.9. The number of nitrogens with zero attached hydrogens (tertiary/aromatic N) is 4. The Morgan fingerprint density at radius 3 is 2.46 bits per heavy atom. The highest BCUT2D eigenvalue weighted by Crippen LogP contribution is 2.60. The van der Waals surface area contributed by atoms with E-state index in [4.69, 9.17) is 0 Å². The lowest BCUT2D eigenvalue weighted by atomic mass is 9.81. The van der Waals surface area contributed by atoms with Crippen LogP contribution in [0.15, 0.2) is 46.2 Å². The summed E-state index contributed by atoms with van der Waals surface area (Å²) in [5.74, 6) is -7.84. The molecule has 0 amide bonds. The lowest BCUT2D eigenvalue weighted by Crippen LogP contribution is -2.39. The maximum Gasteiger partial charge on any atom is 0.435 e. The zero-order valence-corrected chi connectivity index (χ0v) is 22.3. The van der Waals surface area contributed by atoms with Crippen molar-refractivity contribution in [2.75, 3.05) is 6.26 Å². The van der Waals surface area contributed by atoms with Crippen molar-refractivity contribution < 1.29 is 35.8 Å². The number of aliphatic hydroxyl groups is 1. The van der Waals surface area contributed by atoms with Crippen molar-refractivity contribution in [1.82, 2.24) is 25.1 Å². The van der Waals surface area contributed by atoms with E-state index in [0.717, 1.165) is 18.2 Å². The smallest absolute Gasteiger partial charge is 0.377 e. The summed E-state index contributed by atoms with van der Waals surface area (Å²) >= 11 is 4.51. The minimum absolute atomic E-state index is 0.121. The van der Waals surface area contributed by atoms with E-state index in [-0.39, 0.29) is 17.7 Å². The number of aliphatic hydroxyl groups excluding tert-OH is 1. The first-order valence-electron chi connectivity index (χ1n) is 11.5. The maximum atomic E-state index is 15.1. The van der Waals surface area contributed by atoms with E-state index in [2.05, 4.69) is 36.3 Å². The number of nitrogens with one attached hydrogen (secondary N) is 1. The van der Waals surface area contributed by atoms with Gasteiger partial charge in [0.05, 0.1) is 28.7 Å². The average Bonchev–Trinajstić information content (AvgIpc) is 3.23. The van der Waals surface area contributed by atoms with Gasteiger partial charge < -0.3 is 5.11 Å². The fourth-order valence-electron chi connectivity index (χ4n) is 4.95. The summed E-state index contributed by atoms with van der Waals surface area (Å²) in [5.41, 5.74) is -2.46. The third-order valence-electron chi connectivity index (χ3n) is 6.60. The molecule has 15 heteroatoms. The quantitative estimate of drug-likeness (QED) is 0.108. The third-order valence-corrected chi connectivity index (χ3v) is 7.77. The number of aromatic nitrogens is 4. The van der Waals surface area contributed by atoms with Crippen LogP contribution >= 0.6 is 27.7 Å². The van der Waals surface area contributed by atoms with Crippen molar-refractivity contribution in [3.05, 3.63) is 80.9 Å². The van der Waals surface area contributed by atoms with Crippen LogP contribution in [0.5, 0.6) is 0 Å². The number of thioether (sulfide) groups is 1. The van der Waals surface area contributed by atoms with Crippen LogP contribution in [0.3, 0.4) is 0 Å². The summed E-state index contributed by atoms with van der Waals surface area (Å²) in [6, 6.07) is 1.88. The van der Waals surface area contributed by atoms with Crippen molar-refractivity contribution in [1.29, 1.82) is 0 Å². The molecule has 4 atom stereocenters. The number of rotatable bonds is 8. The van der Waals surface area contributed by atoms with Crippen LogP contribution in [0.25, 0.3) is 0 Å². The molecule has 0 radical (unpaired) electrons. The maximum absolute atomic E-state index is 15.1. The lowest BCUT2D eigenvalue weighted by Gasteiger charge is -2.28. The van der Waals surface area contributed by atoms with Gasteiger partial charge in [0, 0.05) is 23.7 Å². The van der Waals surface area contributed by atoms with E-state index in [0.29, 0.717) is 20.4 Å². The predicted octanol–water partition coefficient (Wildman–Crippen LogP) is 5.72. The van der Waals surface area contributed by atoms with Gasteiger partial charge >= 0.3 is 6.18 Å². The number of fused-ring (bicyclic) bond motifs is 3. The number of halogens is 8. The molecule has 2 heterocycles. The predicted molar refractivity (Wildman–Crippen MR) is 130 cm³/mol. The van der Waals surface area contributed by atoms with Crippen LogP contribution < -0.4 is 5.32 Å². The van der Waals surface area contributed by atoms with Crippen molar-refractivity contribution in [3.63, 3.8) is 0 Å². The number of hydrogen-bond donors (Lipinski definition) is 2. The minimum Gasteiger partial charge on any atom is -0.377 e. The molecule has 2 N–H and O–H groups in total. The highest BCUT2D eigenvalue weighted by molar-refractivity contribution is 9.10. The summed E-state index contributed by atoms with van der Waals surface area (Å²) in [6.07, 6.45) is -1.22. The zero-order chi connectivity index (χ0) is 28.3. The number of hydrogen-bond acceptors (Lipinski definition) is 6. The largest absolute Gasteiger partial charge is 0.435 e. The molecule has 0 aliphatic heterocycles. The van der Waals surface area contributed by atoms with E-state index in [1.165, 1.54) is 24.0 Å². The Hall–Kier alpha value is -2.49. The van der Waals surface area contributed by atoms with Crippen LogP contribution in [0.1, 0.15) is 40.2 Å². The fourth-order valence-corrected chi connectivity index (χ4v) is 5.77. The summed E-state index contributed by atoms with van der Waals surface area (Å²) in [5, 5.41) is 17.4. The first kappa shape index (κ1) is 28.1. The molecule has 5 rings (SSSR count). The van der Waals surface area contributed by atoms with E-state index in [1.54, 1.807) is 6.26 Å². The monoisotopic (exact) mass is 637 g/mol. The first-order valence-corrected chi connectivity index (χ1v) is 13.5. The van der Waals surface area contributed by atoms with Gasteiger partial charge in [0.15, 0.2) is 10.9 Å². The molecule has 0 bridgehead atoms. The Kier molecular flexibility index (Phi) is 7.31. The van der Waals surface area contributed by atoms with E-state index in [9.17, 15) is 27.1 Å². The second-order valence-electron chi connectivity index (χ2n) is 9.16. The van der Waals surface area contributed by atoms with Crippen LogP contribution in [0, 0.1) is 17.6 Å². The molecule has 2 aliphatic carbocycles. The molecular weight excluding hydrogens is 619 g/mol. The molecule has 2 aromatic heterocycles. The summed E-state index contributed by atoms with van der Waals surface area (Å²) in [6.45, 7) is -0.764. The van der Waals surface area contributed by atoms with Gasteiger partial charge in [-0.15, -0.1) is 0 Å². The van der Waals surface area contributed by atoms with E-state index < -0.39 is 71.3 Å². The minimum atomic E-state index is -4.98. The van der Waals surface area contributed by atoms with Gasteiger partial charge in [-0.25, -0.2) is 18.7 Å². The molecule has 0 saturated heterocycles. The molecule has 6 nitrogen and oxygen atoms in total. The van der Waals surface area contributed by atoms with Gasteiger partial charge in [0.25, 0.3) is 5.92 Å². The van der Waals surface area contributed by atoms with Crippen LogP contribution in [-0.2, 0) is 25.1 Å². The van der Waals surface area contributed by atoms with Gasteiger partial charge in [-0.2, -0.15) is 27.1 Å².